The van der Waals surface area contributed by atoms with Gasteiger partial charge in [0, 0.05) is 24.0 Å². The zero-order valence-electron chi connectivity index (χ0n) is 13.6. The number of carbonyl (C=O) groups excluding carboxylic acids is 1. The minimum absolute atomic E-state index is 0.0567. The molecule has 0 saturated carbocycles. The fourth-order valence-corrected chi connectivity index (χ4v) is 3.45. The van der Waals surface area contributed by atoms with E-state index in [1.54, 1.807) is 0 Å². The van der Waals surface area contributed by atoms with Gasteiger partial charge >= 0.3 is 0 Å². The highest BCUT2D eigenvalue weighted by atomic mass is 32.1. The lowest BCUT2D eigenvalue weighted by Gasteiger charge is -2.29. The molecule has 1 aliphatic rings. The number of carbonyl (C=O) groups is 1. The second kappa shape index (κ2) is 6.20. The van der Waals surface area contributed by atoms with E-state index in [1.807, 2.05) is 55.3 Å². The highest BCUT2D eigenvalue weighted by Crippen LogP contribution is 2.30. The summed E-state index contributed by atoms with van der Waals surface area (Å²) in [6, 6.07) is 7.88. The number of benzene rings is 1. The number of nitrogens with one attached hydrogen (secondary N) is 1. The summed E-state index contributed by atoms with van der Waals surface area (Å²) in [7, 11) is 0. The normalized spacial score (nSPS) is 16.2. The molecule has 5 nitrogen and oxygen atoms in total. The molecule has 122 valence electrons. The molecule has 0 spiro atoms. The van der Waals surface area contributed by atoms with Gasteiger partial charge in [0.05, 0.1) is 6.54 Å². The van der Waals surface area contributed by atoms with Crippen LogP contribution in [0.25, 0.3) is 0 Å². The molecule has 3 rings (SSSR count). The van der Waals surface area contributed by atoms with E-state index in [0.29, 0.717) is 18.8 Å². The van der Waals surface area contributed by atoms with Crippen molar-refractivity contribution in [2.75, 3.05) is 18.4 Å². The molecule has 23 heavy (non-hydrogen) atoms. The smallest absolute Gasteiger partial charge is 0.273 e. The summed E-state index contributed by atoms with van der Waals surface area (Å²) in [6.07, 6.45) is 0. The van der Waals surface area contributed by atoms with Gasteiger partial charge in [-0.1, -0.05) is 18.2 Å². The van der Waals surface area contributed by atoms with Crippen molar-refractivity contribution in [2.24, 2.45) is 0 Å². The fraction of sp³-hybridized carbons (Fsp3) is 0.412. The van der Waals surface area contributed by atoms with Crippen LogP contribution >= 0.6 is 11.3 Å². The zero-order chi connectivity index (χ0) is 16.4. The van der Waals surface area contributed by atoms with Crippen molar-refractivity contribution in [3.63, 3.8) is 0 Å². The van der Waals surface area contributed by atoms with E-state index in [1.165, 1.54) is 11.3 Å². The van der Waals surface area contributed by atoms with E-state index in [9.17, 15) is 4.79 Å². The molecule has 0 saturated heterocycles. The number of ether oxygens (including phenoxy) is 1. The van der Waals surface area contributed by atoms with Crippen LogP contribution in [0, 0.1) is 0 Å². The van der Waals surface area contributed by atoms with Gasteiger partial charge in [-0.2, -0.15) is 0 Å². The van der Waals surface area contributed by atoms with Crippen LogP contribution in [0.2, 0.25) is 0 Å². The summed E-state index contributed by atoms with van der Waals surface area (Å²) in [5.74, 6) is 0.790. The molecule has 1 amide bonds. The van der Waals surface area contributed by atoms with Crippen LogP contribution in [0.3, 0.4) is 0 Å². The Kier molecular flexibility index (Phi) is 4.26. The number of fused-ring (bicyclic) bond motifs is 1. The molecule has 0 radical (unpaired) electrons. The van der Waals surface area contributed by atoms with Gasteiger partial charge in [-0.15, -0.1) is 11.3 Å². The van der Waals surface area contributed by atoms with Crippen LogP contribution in [-0.4, -0.2) is 34.5 Å². The lowest BCUT2D eigenvalue weighted by atomic mass is 10.1. The Morgan fingerprint density at radius 3 is 3.00 bits per heavy atom. The number of nitrogens with zero attached hydrogens (tertiary/aromatic N) is 2. The first kappa shape index (κ1) is 15.8. The summed E-state index contributed by atoms with van der Waals surface area (Å²) in [4.78, 5) is 19.1. The summed E-state index contributed by atoms with van der Waals surface area (Å²) in [5.41, 5.74) is 1.07. The van der Waals surface area contributed by atoms with Gasteiger partial charge in [0.2, 0.25) is 0 Å². The molecule has 0 atom stereocenters. The first-order valence-electron chi connectivity index (χ1n) is 7.74. The third-order valence-electron chi connectivity index (χ3n) is 3.63. The van der Waals surface area contributed by atoms with Gasteiger partial charge < -0.3 is 15.0 Å². The number of rotatable bonds is 3. The predicted molar refractivity (Wildman–Crippen MR) is 92.2 cm³/mol. The summed E-state index contributed by atoms with van der Waals surface area (Å²) < 4.78 is 6.08. The molecule has 1 aromatic heterocycles. The van der Waals surface area contributed by atoms with Gasteiger partial charge in [0.15, 0.2) is 5.13 Å². The average molecular weight is 331 g/mol. The molecule has 1 aromatic carbocycles. The Hall–Kier alpha value is -2.08. The van der Waals surface area contributed by atoms with Gasteiger partial charge in [-0.25, -0.2) is 4.98 Å². The maximum atomic E-state index is 12.9. The molecule has 0 fully saturated rings. The van der Waals surface area contributed by atoms with Crippen molar-refractivity contribution in [1.82, 2.24) is 9.88 Å². The lowest BCUT2D eigenvalue weighted by Crippen LogP contribution is -2.43. The van der Waals surface area contributed by atoms with Gasteiger partial charge in [-0.05, 0) is 26.8 Å². The van der Waals surface area contributed by atoms with Crippen molar-refractivity contribution >= 4 is 22.4 Å². The Balaban J connectivity index is 1.87. The van der Waals surface area contributed by atoms with Crippen molar-refractivity contribution in [2.45, 2.75) is 32.9 Å². The number of anilines is 1. The molecule has 6 heteroatoms. The Bertz CT molecular complexity index is 711. The van der Waals surface area contributed by atoms with Crippen molar-refractivity contribution in [3.05, 3.63) is 40.9 Å². The standard InChI is InChI=1S/C17H21N3O2S/c1-4-18-16-19-13(10-23-16)15(21)20-9-12-7-5-6-8-14(12)22-17(2,3)11-20/h5-8,10H,4,9,11H2,1-3H3,(H,18,19). The largest absolute Gasteiger partial charge is 0.486 e. The van der Waals surface area contributed by atoms with Crippen LogP contribution in [-0.2, 0) is 6.54 Å². The monoisotopic (exact) mass is 331 g/mol. The van der Waals surface area contributed by atoms with E-state index in [4.69, 9.17) is 4.74 Å². The molecule has 2 aromatic rings. The number of thiazole rings is 1. The van der Waals surface area contributed by atoms with Gasteiger partial charge in [-0.3, -0.25) is 4.79 Å². The molecular formula is C17H21N3O2S. The zero-order valence-corrected chi connectivity index (χ0v) is 14.4. The minimum atomic E-state index is -0.442. The molecule has 1 N–H and O–H groups in total. The van der Waals surface area contributed by atoms with E-state index >= 15 is 0 Å². The quantitative estimate of drug-likeness (QED) is 0.937. The molecule has 2 heterocycles. The average Bonchev–Trinajstić information content (AvgIpc) is 2.90. The Labute approximate surface area is 140 Å². The second-order valence-electron chi connectivity index (χ2n) is 6.20. The number of para-hydroxylation sites is 1. The van der Waals surface area contributed by atoms with E-state index in [-0.39, 0.29) is 5.91 Å². The van der Waals surface area contributed by atoms with Crippen molar-refractivity contribution in [3.8, 4) is 5.75 Å². The molecule has 1 aliphatic heterocycles. The number of hydrogen-bond donors (Lipinski definition) is 1. The fourth-order valence-electron chi connectivity index (χ4n) is 2.70. The predicted octanol–water partition coefficient (Wildman–Crippen LogP) is 3.39. The van der Waals surface area contributed by atoms with Gasteiger partial charge in [0.25, 0.3) is 5.91 Å². The number of aromatic nitrogens is 1. The van der Waals surface area contributed by atoms with Crippen LogP contribution in [0.5, 0.6) is 5.75 Å². The molecule has 0 aliphatic carbocycles. The summed E-state index contributed by atoms with van der Waals surface area (Å²) >= 11 is 1.46. The van der Waals surface area contributed by atoms with E-state index in [2.05, 4.69) is 10.3 Å². The second-order valence-corrected chi connectivity index (χ2v) is 7.06. The van der Waals surface area contributed by atoms with E-state index in [0.717, 1.165) is 23.0 Å². The van der Waals surface area contributed by atoms with Crippen LogP contribution in [0.15, 0.2) is 29.6 Å². The van der Waals surface area contributed by atoms with E-state index < -0.39 is 5.60 Å². The molecule has 0 bridgehead atoms. The minimum Gasteiger partial charge on any atom is -0.486 e. The number of amides is 1. The maximum absolute atomic E-state index is 12.9. The Morgan fingerprint density at radius 1 is 1.43 bits per heavy atom. The third-order valence-corrected chi connectivity index (χ3v) is 4.43. The highest BCUT2D eigenvalue weighted by molar-refractivity contribution is 7.13. The topological polar surface area (TPSA) is 54.5 Å². The SMILES string of the molecule is CCNc1nc(C(=O)N2Cc3ccccc3OC(C)(C)C2)cs1. The molecule has 0 unspecified atom stereocenters. The maximum Gasteiger partial charge on any atom is 0.273 e. The Morgan fingerprint density at radius 2 is 2.22 bits per heavy atom. The first-order chi connectivity index (χ1) is 11.0. The van der Waals surface area contributed by atoms with Crippen molar-refractivity contribution in [1.29, 1.82) is 0 Å². The lowest BCUT2D eigenvalue weighted by molar-refractivity contribution is 0.0497. The third kappa shape index (κ3) is 3.47. The van der Waals surface area contributed by atoms with Crippen LogP contribution < -0.4 is 10.1 Å². The van der Waals surface area contributed by atoms with Crippen LogP contribution in [0.4, 0.5) is 5.13 Å². The summed E-state index contributed by atoms with van der Waals surface area (Å²) in [6.45, 7) is 7.86. The number of hydrogen-bond acceptors (Lipinski definition) is 5. The summed E-state index contributed by atoms with van der Waals surface area (Å²) in [5, 5.41) is 5.73. The van der Waals surface area contributed by atoms with Crippen LogP contribution in [0.1, 0.15) is 36.8 Å². The van der Waals surface area contributed by atoms with Gasteiger partial charge in [0.1, 0.15) is 17.0 Å². The first-order valence-corrected chi connectivity index (χ1v) is 8.62. The molecular weight excluding hydrogens is 310 g/mol. The highest BCUT2D eigenvalue weighted by Gasteiger charge is 2.32. The van der Waals surface area contributed by atoms with Crippen molar-refractivity contribution < 1.29 is 9.53 Å².